The molecule has 1 fully saturated rings. The summed E-state index contributed by atoms with van der Waals surface area (Å²) in [4.78, 5) is -0.467. The van der Waals surface area contributed by atoms with E-state index in [0.717, 1.165) is 4.31 Å². The number of nitrogens with zero attached hydrogens (tertiary/aromatic N) is 1. The molecule has 1 heterocycles. The molecule has 0 spiro atoms. The number of hydrogen-bond acceptors (Lipinski definition) is 4. The SMILES string of the molecule is Nc1ccc(Cl)c(S(=O)(=O)N2CC(F)C2)c1O. The fourth-order valence-corrected chi connectivity index (χ4v) is 3.62. The van der Waals surface area contributed by atoms with Gasteiger partial charge in [0.05, 0.1) is 10.7 Å². The van der Waals surface area contributed by atoms with E-state index in [1.807, 2.05) is 0 Å². The van der Waals surface area contributed by atoms with Gasteiger partial charge in [0.15, 0.2) is 5.75 Å². The maximum Gasteiger partial charge on any atom is 0.248 e. The normalized spacial score (nSPS) is 18.0. The summed E-state index contributed by atoms with van der Waals surface area (Å²) in [5.41, 5.74) is 5.32. The number of rotatable bonds is 2. The van der Waals surface area contributed by atoms with Crippen molar-refractivity contribution in [2.45, 2.75) is 11.1 Å². The quantitative estimate of drug-likeness (QED) is 0.624. The molecule has 17 heavy (non-hydrogen) atoms. The molecule has 0 unspecified atom stereocenters. The molecule has 2 rings (SSSR count). The third-order valence-electron chi connectivity index (χ3n) is 2.52. The highest BCUT2D eigenvalue weighted by Crippen LogP contribution is 2.38. The zero-order valence-corrected chi connectivity index (χ0v) is 10.2. The summed E-state index contributed by atoms with van der Waals surface area (Å²) in [7, 11) is -3.99. The second kappa shape index (κ2) is 4.01. The molecule has 1 aromatic rings. The number of nitrogens with two attached hydrogens (primary N) is 1. The Balaban J connectivity index is 2.50. The van der Waals surface area contributed by atoms with Crippen LogP contribution in [0.4, 0.5) is 10.1 Å². The fraction of sp³-hybridized carbons (Fsp3) is 0.333. The number of halogens is 2. The molecule has 1 aliphatic heterocycles. The predicted octanol–water partition coefficient (Wildman–Crippen LogP) is 0.970. The third kappa shape index (κ3) is 1.94. The maximum absolute atomic E-state index is 12.7. The smallest absolute Gasteiger partial charge is 0.248 e. The number of phenols is 1. The van der Waals surface area contributed by atoms with E-state index >= 15 is 0 Å². The Morgan fingerprint density at radius 2 is 2.06 bits per heavy atom. The van der Waals surface area contributed by atoms with Crippen LogP contribution in [-0.2, 0) is 10.0 Å². The van der Waals surface area contributed by atoms with Crippen LogP contribution in [-0.4, -0.2) is 37.1 Å². The van der Waals surface area contributed by atoms with Crippen molar-refractivity contribution in [1.82, 2.24) is 4.31 Å². The van der Waals surface area contributed by atoms with E-state index in [0.29, 0.717) is 0 Å². The third-order valence-corrected chi connectivity index (χ3v) is 4.85. The van der Waals surface area contributed by atoms with Crippen LogP contribution in [0.5, 0.6) is 5.75 Å². The number of aromatic hydroxyl groups is 1. The van der Waals surface area contributed by atoms with Crippen LogP contribution in [0.3, 0.4) is 0 Å². The van der Waals surface area contributed by atoms with Gasteiger partial charge in [-0.05, 0) is 12.1 Å². The van der Waals surface area contributed by atoms with Gasteiger partial charge in [0.2, 0.25) is 10.0 Å². The van der Waals surface area contributed by atoms with Gasteiger partial charge in [-0.2, -0.15) is 4.31 Å². The first-order chi connectivity index (χ1) is 7.84. The van der Waals surface area contributed by atoms with E-state index in [2.05, 4.69) is 0 Å². The Morgan fingerprint density at radius 1 is 1.47 bits per heavy atom. The average Bonchev–Trinajstić information content (AvgIpc) is 2.19. The predicted molar refractivity (Wildman–Crippen MR) is 61.2 cm³/mol. The van der Waals surface area contributed by atoms with Crippen LogP contribution in [0.25, 0.3) is 0 Å². The Bertz CT molecular complexity index is 558. The molecule has 0 saturated carbocycles. The molecule has 1 aliphatic rings. The second-order valence-corrected chi connectivity index (χ2v) is 6.02. The van der Waals surface area contributed by atoms with Crippen LogP contribution in [0.15, 0.2) is 17.0 Å². The first kappa shape index (κ1) is 12.4. The number of nitrogen functional groups attached to an aromatic ring is 1. The van der Waals surface area contributed by atoms with Crippen LogP contribution in [0, 0.1) is 0 Å². The summed E-state index contributed by atoms with van der Waals surface area (Å²) in [6, 6.07) is 2.57. The molecule has 0 aliphatic carbocycles. The average molecular weight is 281 g/mol. The molecule has 1 aromatic carbocycles. The fourth-order valence-electron chi connectivity index (χ4n) is 1.52. The summed E-state index contributed by atoms with van der Waals surface area (Å²) in [6.45, 7) is -0.459. The number of benzene rings is 1. The molecule has 94 valence electrons. The van der Waals surface area contributed by atoms with Gasteiger partial charge in [-0.1, -0.05) is 11.6 Å². The number of alkyl halides is 1. The van der Waals surface area contributed by atoms with Gasteiger partial charge in [0.25, 0.3) is 0 Å². The number of hydrogen-bond donors (Lipinski definition) is 2. The van der Waals surface area contributed by atoms with Gasteiger partial charge in [-0.25, -0.2) is 12.8 Å². The van der Waals surface area contributed by atoms with E-state index in [1.54, 1.807) is 0 Å². The van der Waals surface area contributed by atoms with Crippen LogP contribution in [0.2, 0.25) is 5.02 Å². The standard InChI is InChI=1S/C9H10ClFN2O3S/c10-6-1-2-7(12)8(14)9(6)17(15,16)13-3-5(11)4-13/h1-2,5,14H,3-4,12H2. The van der Waals surface area contributed by atoms with Crippen LogP contribution in [0.1, 0.15) is 0 Å². The molecule has 8 heteroatoms. The maximum atomic E-state index is 12.7. The number of sulfonamides is 1. The summed E-state index contributed by atoms with van der Waals surface area (Å²) < 4.78 is 37.6. The lowest BCUT2D eigenvalue weighted by Gasteiger charge is -2.33. The highest BCUT2D eigenvalue weighted by molar-refractivity contribution is 7.89. The summed E-state index contributed by atoms with van der Waals surface area (Å²) >= 11 is 5.73. The first-order valence-corrected chi connectivity index (χ1v) is 6.57. The lowest BCUT2D eigenvalue weighted by atomic mass is 10.3. The van der Waals surface area contributed by atoms with Crippen molar-refractivity contribution >= 4 is 27.3 Å². The Kier molecular flexibility index (Phi) is 2.92. The molecular formula is C9H10ClFN2O3S. The van der Waals surface area contributed by atoms with E-state index in [-0.39, 0.29) is 23.8 Å². The van der Waals surface area contributed by atoms with Crippen molar-refractivity contribution in [1.29, 1.82) is 0 Å². The van der Waals surface area contributed by atoms with Crippen molar-refractivity contribution in [3.63, 3.8) is 0 Å². The van der Waals surface area contributed by atoms with Crippen molar-refractivity contribution in [2.24, 2.45) is 0 Å². The van der Waals surface area contributed by atoms with Gasteiger partial charge < -0.3 is 10.8 Å². The van der Waals surface area contributed by atoms with Crippen molar-refractivity contribution in [3.8, 4) is 5.75 Å². The van der Waals surface area contributed by atoms with Crippen molar-refractivity contribution in [3.05, 3.63) is 17.2 Å². The summed E-state index contributed by atoms with van der Waals surface area (Å²) in [6.07, 6.45) is -1.17. The van der Waals surface area contributed by atoms with Gasteiger partial charge in [0, 0.05) is 13.1 Å². The van der Waals surface area contributed by atoms with E-state index in [1.165, 1.54) is 12.1 Å². The van der Waals surface area contributed by atoms with Crippen molar-refractivity contribution < 1.29 is 17.9 Å². The second-order valence-electron chi connectivity index (χ2n) is 3.73. The molecular weight excluding hydrogens is 271 g/mol. The zero-order valence-electron chi connectivity index (χ0n) is 8.60. The minimum absolute atomic E-state index is 0.0923. The Morgan fingerprint density at radius 3 is 2.59 bits per heavy atom. The highest BCUT2D eigenvalue weighted by Gasteiger charge is 2.39. The number of phenolic OH excluding ortho intramolecular Hbond substituents is 1. The highest BCUT2D eigenvalue weighted by atomic mass is 35.5. The number of anilines is 1. The largest absolute Gasteiger partial charge is 0.504 e. The van der Waals surface area contributed by atoms with Gasteiger partial charge >= 0.3 is 0 Å². The molecule has 1 saturated heterocycles. The lowest BCUT2D eigenvalue weighted by molar-refractivity contribution is 0.141. The van der Waals surface area contributed by atoms with E-state index in [9.17, 15) is 17.9 Å². The molecule has 0 amide bonds. The minimum Gasteiger partial charge on any atom is -0.504 e. The zero-order chi connectivity index (χ0) is 12.8. The van der Waals surface area contributed by atoms with E-state index in [4.69, 9.17) is 17.3 Å². The van der Waals surface area contributed by atoms with Gasteiger partial charge in [0.1, 0.15) is 11.1 Å². The molecule has 5 nitrogen and oxygen atoms in total. The summed E-state index contributed by atoms with van der Waals surface area (Å²) in [5, 5.41) is 9.50. The topological polar surface area (TPSA) is 83.6 Å². The summed E-state index contributed by atoms with van der Waals surface area (Å²) in [5.74, 6) is -0.597. The molecule has 0 bridgehead atoms. The first-order valence-electron chi connectivity index (χ1n) is 4.75. The molecule has 0 aromatic heterocycles. The molecule has 0 radical (unpaired) electrons. The van der Waals surface area contributed by atoms with Crippen LogP contribution < -0.4 is 5.73 Å². The van der Waals surface area contributed by atoms with Crippen LogP contribution >= 0.6 is 11.6 Å². The Hall–Kier alpha value is -1.05. The monoisotopic (exact) mass is 280 g/mol. The van der Waals surface area contributed by atoms with Crippen molar-refractivity contribution in [2.75, 3.05) is 18.8 Å². The van der Waals surface area contributed by atoms with Gasteiger partial charge in [-0.3, -0.25) is 0 Å². The Labute approximate surface area is 103 Å². The lowest BCUT2D eigenvalue weighted by Crippen LogP contribution is -2.51. The van der Waals surface area contributed by atoms with E-state index < -0.39 is 26.8 Å². The van der Waals surface area contributed by atoms with Gasteiger partial charge in [-0.15, -0.1) is 0 Å². The molecule has 0 atom stereocenters. The molecule has 3 N–H and O–H groups in total. The minimum atomic E-state index is -3.99.